The highest BCUT2D eigenvalue weighted by atomic mass is 31.0. The average molecular weight is 440 g/mol. The van der Waals surface area contributed by atoms with Gasteiger partial charge in [-0.15, -0.1) is 0 Å². The summed E-state index contributed by atoms with van der Waals surface area (Å²) in [6.07, 6.45) is -10.5. The van der Waals surface area contributed by atoms with Crippen molar-refractivity contribution in [3.8, 4) is 0 Å². The molecule has 0 aliphatic rings. The van der Waals surface area contributed by atoms with Gasteiger partial charge in [0.15, 0.2) is 5.78 Å². The molecule has 0 spiro atoms. The molecule has 2 atom stereocenters. The number of ether oxygens (including phenoxy) is 1. The van der Waals surface area contributed by atoms with Gasteiger partial charge in [0.05, 0.1) is 27.4 Å². The zero-order chi connectivity index (χ0) is 22.4. The second kappa shape index (κ2) is 9.73. The summed E-state index contributed by atoms with van der Waals surface area (Å²) in [6.45, 7) is 0. The lowest BCUT2D eigenvalue weighted by atomic mass is 9.85. The molecule has 2 aromatic rings. The fourth-order valence-electron chi connectivity index (χ4n) is 2.59. The molecule has 0 heterocycles. The van der Waals surface area contributed by atoms with Crippen LogP contribution in [0.15, 0.2) is 48.5 Å². The molecule has 0 N–H and O–H groups in total. The zero-order valence-electron chi connectivity index (χ0n) is 14.8. The monoisotopic (exact) mass is 440 g/mol. The summed E-state index contributed by atoms with van der Waals surface area (Å²) in [5.74, 6) is -4.88. The summed E-state index contributed by atoms with van der Waals surface area (Å²) in [5.41, 5.74) is -5.24. The minimum atomic E-state index is -5.23. The lowest BCUT2D eigenvalue weighted by Crippen LogP contribution is -2.28. The first kappa shape index (κ1) is 24.4. The van der Waals surface area contributed by atoms with Gasteiger partial charge in [0.1, 0.15) is 5.92 Å². The molecule has 0 aliphatic heterocycles. The van der Waals surface area contributed by atoms with Crippen LogP contribution >= 0.6 is 9.12 Å². The number of alkyl halides is 6. The van der Waals surface area contributed by atoms with E-state index in [1.54, 1.807) is 0 Å². The van der Waals surface area contributed by atoms with Crippen LogP contribution in [-0.4, -0.2) is 18.9 Å². The molecule has 29 heavy (non-hydrogen) atoms. The van der Waals surface area contributed by atoms with Crippen LogP contribution in [0.5, 0.6) is 0 Å². The molecule has 0 bridgehead atoms. The van der Waals surface area contributed by atoms with Crippen LogP contribution in [0.1, 0.15) is 33.0 Å². The van der Waals surface area contributed by atoms with E-state index in [1.165, 1.54) is 30.3 Å². The Kier molecular flexibility index (Phi) is 8.20. The van der Waals surface area contributed by atoms with Gasteiger partial charge in [-0.05, 0) is 17.7 Å². The van der Waals surface area contributed by atoms with Crippen LogP contribution < -0.4 is 0 Å². The van der Waals surface area contributed by atoms with Crippen molar-refractivity contribution in [2.45, 2.75) is 18.3 Å². The maximum Gasteiger partial charge on any atom is 0.417 e. The molecular weight excluding hydrogens is 425 g/mol. The molecule has 0 aromatic heterocycles. The van der Waals surface area contributed by atoms with E-state index >= 15 is 0 Å². The van der Waals surface area contributed by atoms with Gasteiger partial charge < -0.3 is 9.30 Å². The molecule has 11 heteroatoms. The van der Waals surface area contributed by atoms with Gasteiger partial charge in [-0.25, -0.2) is 0 Å². The Morgan fingerprint density at radius 2 is 1.28 bits per heavy atom. The molecule has 2 rings (SSSR count). The minimum absolute atomic E-state index is 0.0838. The topological polar surface area (TPSA) is 60.4 Å². The zero-order valence-corrected chi connectivity index (χ0v) is 16.2. The smallest absolute Gasteiger partial charge is 0.417 e. The average Bonchev–Trinajstić information content (AvgIpc) is 2.68. The summed E-state index contributed by atoms with van der Waals surface area (Å²) in [6, 6.07) is 8.04. The lowest BCUT2D eigenvalue weighted by molar-refractivity contribution is -0.145. The predicted molar refractivity (Wildman–Crippen MR) is 93.8 cm³/mol. The normalized spacial score (nSPS) is 12.5. The Bertz CT molecular complexity index is 833. The van der Waals surface area contributed by atoms with E-state index in [2.05, 4.69) is 4.74 Å². The number of methoxy groups -OCH3 is 1. The highest BCUT2D eigenvalue weighted by Crippen LogP contribution is 2.41. The first-order valence-electron chi connectivity index (χ1n) is 7.71. The number of carbonyl (C=O) groups is 2. The van der Waals surface area contributed by atoms with Crippen molar-refractivity contribution in [1.82, 2.24) is 0 Å². The Labute approximate surface area is 163 Å². The van der Waals surface area contributed by atoms with E-state index in [4.69, 9.17) is 4.57 Å². The maximum atomic E-state index is 13.3. The fourth-order valence-corrected chi connectivity index (χ4v) is 2.59. The molecule has 0 saturated heterocycles. The summed E-state index contributed by atoms with van der Waals surface area (Å²) in [7, 11) is 1.49. The first-order valence-corrected chi connectivity index (χ1v) is 8.29. The van der Waals surface area contributed by atoms with Gasteiger partial charge in [0, 0.05) is 5.56 Å². The highest BCUT2D eigenvalue weighted by molar-refractivity contribution is 7.00. The highest BCUT2D eigenvalue weighted by Gasteiger charge is 2.45. The van der Waals surface area contributed by atoms with Gasteiger partial charge >= 0.3 is 18.3 Å². The van der Waals surface area contributed by atoms with E-state index in [0.717, 1.165) is 7.11 Å². The summed E-state index contributed by atoms with van der Waals surface area (Å²) < 4.78 is 92.5. The van der Waals surface area contributed by atoms with Crippen LogP contribution in [-0.2, 0) is 26.4 Å². The Balaban J connectivity index is 0.00000204. The van der Waals surface area contributed by atoms with Gasteiger partial charge in [0.2, 0.25) is 0 Å². The Morgan fingerprint density at radius 3 is 1.66 bits per heavy atom. The van der Waals surface area contributed by atoms with E-state index in [1.807, 2.05) is 0 Å². The number of rotatable bonds is 4. The van der Waals surface area contributed by atoms with E-state index < -0.39 is 46.7 Å². The molecular formula is C18H15F6O4P. The van der Waals surface area contributed by atoms with Gasteiger partial charge in [-0.3, -0.25) is 9.59 Å². The Morgan fingerprint density at radius 1 is 0.828 bits per heavy atom. The molecule has 0 aliphatic carbocycles. The third-order valence-electron chi connectivity index (χ3n) is 3.75. The van der Waals surface area contributed by atoms with Gasteiger partial charge in [-0.2, -0.15) is 26.3 Å². The SMILES string of the molecule is COC(=O)C(C(=O)c1c(C(F)(F)F)cccc1C(F)(F)F)c1ccccc1.O=[PH3]. The number of ketones is 1. The molecule has 158 valence electrons. The fraction of sp³-hybridized carbons (Fsp3) is 0.222. The maximum absolute atomic E-state index is 13.3. The van der Waals surface area contributed by atoms with Gasteiger partial charge in [0.25, 0.3) is 0 Å². The first-order chi connectivity index (χ1) is 13.5. The van der Waals surface area contributed by atoms with Gasteiger partial charge in [-0.1, -0.05) is 36.4 Å². The molecule has 4 nitrogen and oxygen atoms in total. The number of esters is 1. The second-order valence-corrected chi connectivity index (χ2v) is 5.45. The molecule has 0 fully saturated rings. The quantitative estimate of drug-likeness (QED) is 0.225. The molecule has 2 unspecified atom stereocenters. The lowest BCUT2D eigenvalue weighted by Gasteiger charge is -2.21. The third-order valence-corrected chi connectivity index (χ3v) is 3.75. The van der Waals surface area contributed by atoms with Crippen molar-refractivity contribution in [2.24, 2.45) is 0 Å². The molecule has 2 aromatic carbocycles. The number of Topliss-reactive ketones (excluding diaryl/α,β-unsaturated/α-hetero) is 1. The van der Waals surface area contributed by atoms with Crippen molar-refractivity contribution < 1.29 is 45.2 Å². The summed E-state index contributed by atoms with van der Waals surface area (Å²) in [4.78, 5) is 24.8. The van der Waals surface area contributed by atoms with Crippen LogP contribution in [0, 0.1) is 0 Å². The summed E-state index contributed by atoms with van der Waals surface area (Å²) in [5, 5.41) is 0. The number of carbonyl (C=O) groups excluding carboxylic acids is 2. The van der Waals surface area contributed by atoms with E-state index in [9.17, 15) is 35.9 Å². The van der Waals surface area contributed by atoms with Crippen molar-refractivity contribution in [1.29, 1.82) is 0 Å². The third kappa shape index (κ3) is 5.69. The number of hydrogen-bond acceptors (Lipinski definition) is 4. The molecule has 0 amide bonds. The largest absolute Gasteiger partial charge is 0.468 e. The van der Waals surface area contributed by atoms with Crippen LogP contribution in [0.2, 0.25) is 0 Å². The number of halogens is 6. The van der Waals surface area contributed by atoms with E-state index in [-0.39, 0.29) is 5.56 Å². The molecule has 0 saturated carbocycles. The standard InChI is InChI=1S/C18H12F6O3.H3OP/c1-27-16(26)13(10-6-3-2-4-7-10)15(25)14-11(17(19,20)21)8-5-9-12(14)18(22,23)24;1-2/h2-9,13H,1H3;2H3. The van der Waals surface area contributed by atoms with Crippen molar-refractivity contribution in [2.75, 3.05) is 7.11 Å². The summed E-state index contributed by atoms with van der Waals surface area (Å²) >= 11 is 0. The Hall–Kier alpha value is -2.61. The van der Waals surface area contributed by atoms with E-state index in [0.29, 0.717) is 27.3 Å². The van der Waals surface area contributed by atoms with Crippen molar-refractivity contribution in [3.05, 3.63) is 70.8 Å². The number of benzene rings is 2. The molecule has 0 radical (unpaired) electrons. The van der Waals surface area contributed by atoms with Crippen LogP contribution in [0.4, 0.5) is 26.3 Å². The predicted octanol–water partition coefficient (Wildman–Crippen LogP) is 4.80. The minimum Gasteiger partial charge on any atom is -0.468 e. The van der Waals surface area contributed by atoms with Crippen LogP contribution in [0.25, 0.3) is 0 Å². The van der Waals surface area contributed by atoms with Crippen molar-refractivity contribution >= 4 is 20.9 Å². The van der Waals surface area contributed by atoms with Crippen LogP contribution in [0.3, 0.4) is 0 Å². The number of hydrogen-bond donors (Lipinski definition) is 0. The second-order valence-electron chi connectivity index (χ2n) is 5.45. The van der Waals surface area contributed by atoms with Crippen molar-refractivity contribution in [3.63, 3.8) is 0 Å².